The average Bonchev–Trinajstić information content (AvgIpc) is 3.59. The van der Waals surface area contributed by atoms with Crippen LogP contribution in [0.15, 0.2) is 11.6 Å². The van der Waals surface area contributed by atoms with E-state index in [4.69, 9.17) is 28.4 Å². The molecule has 19 atom stereocenters. The largest absolute Gasteiger partial charge is 0.458 e. The molecule has 0 aromatic rings. The number of methoxy groups -OCH3 is 1. The van der Waals surface area contributed by atoms with Crippen LogP contribution >= 0.6 is 0 Å². The topological polar surface area (TPSA) is 214 Å². The van der Waals surface area contributed by atoms with Crippen LogP contribution in [0.5, 0.6) is 0 Å². The highest BCUT2D eigenvalue weighted by molar-refractivity contribution is 5.85. The molecule has 7 aliphatic rings. The van der Waals surface area contributed by atoms with Crippen molar-refractivity contribution in [3.05, 3.63) is 11.6 Å². The molecular weight excluding hydrogens is 656 g/mol. The van der Waals surface area contributed by atoms with Gasteiger partial charge in [0.2, 0.25) is 0 Å². The zero-order chi connectivity index (χ0) is 35.9. The molecule has 4 aliphatic carbocycles. The molecule has 50 heavy (non-hydrogen) atoms. The first kappa shape index (κ1) is 37.1. The van der Waals surface area contributed by atoms with Gasteiger partial charge in [-0.15, -0.1) is 0 Å². The van der Waals surface area contributed by atoms with Crippen LogP contribution in [-0.2, 0) is 33.2 Å². The summed E-state index contributed by atoms with van der Waals surface area (Å²) < 4.78 is 35.0. The van der Waals surface area contributed by atoms with Gasteiger partial charge in [-0.05, 0) is 80.6 Å². The van der Waals surface area contributed by atoms with Crippen molar-refractivity contribution in [3.63, 3.8) is 0 Å². The molecule has 14 nitrogen and oxygen atoms in total. The van der Waals surface area contributed by atoms with Crippen molar-refractivity contribution in [2.45, 2.75) is 151 Å². The van der Waals surface area contributed by atoms with Gasteiger partial charge < -0.3 is 64.2 Å². The first-order valence-corrected chi connectivity index (χ1v) is 18.4. The van der Waals surface area contributed by atoms with E-state index < -0.39 is 85.1 Å². The number of aliphatic hydroxyl groups excluding tert-OH is 6. The number of hydrogen-bond donors (Lipinski definition) is 7. The molecule has 7 rings (SSSR count). The summed E-state index contributed by atoms with van der Waals surface area (Å²) in [6, 6.07) is 0. The quantitative estimate of drug-likeness (QED) is 0.136. The molecule has 6 fully saturated rings. The Morgan fingerprint density at radius 2 is 1.62 bits per heavy atom. The Hall–Kier alpha value is -1.27. The van der Waals surface area contributed by atoms with Crippen molar-refractivity contribution < 1.29 is 69.0 Å². The predicted octanol–water partition coefficient (Wildman–Crippen LogP) is -0.0948. The first-order chi connectivity index (χ1) is 23.7. The summed E-state index contributed by atoms with van der Waals surface area (Å²) in [5.74, 6) is -0.0506. The van der Waals surface area contributed by atoms with Crippen LogP contribution in [0, 0.1) is 34.5 Å². The molecule has 0 radical (unpaired) electrons. The second kappa shape index (κ2) is 13.5. The lowest BCUT2D eigenvalue weighted by atomic mass is 9.43. The third-order valence-electron chi connectivity index (χ3n) is 14.4. The summed E-state index contributed by atoms with van der Waals surface area (Å²) >= 11 is 0. The fourth-order valence-corrected chi connectivity index (χ4v) is 11.7. The van der Waals surface area contributed by atoms with Crippen molar-refractivity contribution in [3.8, 4) is 0 Å². The maximum atomic E-state index is 12.5. The van der Waals surface area contributed by atoms with Crippen molar-refractivity contribution in [2.24, 2.45) is 34.5 Å². The minimum absolute atomic E-state index is 0.0330. The molecule has 0 amide bonds. The van der Waals surface area contributed by atoms with Crippen LogP contribution in [0.3, 0.4) is 0 Å². The SMILES string of the molecule is CO[C@H]1[C@H](OC2O[C@H](CO)[C@@H](O)[C@H](O)[C@H]2O)[C@@H](C)OC(O[C@H]2CC[C@@]3(C)[C@H](CC[C@@H]4[C@@H]3CC[C@]3(C)[C@@H](C5=CC(=O)OC5)[C@@H](O)C[C@]43O)C2)[C@@H]1O. The van der Waals surface area contributed by atoms with Crippen LogP contribution < -0.4 is 0 Å². The predicted molar refractivity (Wildman–Crippen MR) is 172 cm³/mol. The summed E-state index contributed by atoms with van der Waals surface area (Å²) in [7, 11) is 1.42. The number of carbonyl (C=O) groups excluding carboxylic acids is 1. The number of hydrogen-bond acceptors (Lipinski definition) is 14. The Morgan fingerprint density at radius 1 is 0.880 bits per heavy atom. The van der Waals surface area contributed by atoms with Crippen molar-refractivity contribution in [2.75, 3.05) is 20.3 Å². The normalized spacial score (nSPS) is 55.1. The third kappa shape index (κ3) is 5.72. The van der Waals surface area contributed by atoms with Gasteiger partial charge >= 0.3 is 5.97 Å². The standard InChI is InChI=1S/C36H56O14/c1-16-30(50-32-28(42)27(41)26(40)23(14-37)49-32)31(45-4)29(43)33(47-16)48-19-7-9-34(2)18(12-19)5-6-21-20(34)8-10-35(3)25(17-11-24(39)46-15-17)22(38)13-36(21,35)44/h11,16,18-23,25-33,37-38,40-44H,5-10,12-15H2,1-4H3/t16-,18-,19+,20+,21-,22+,23-,25+,26-,27+,28-,29-,30-,31-,32?,33?,34+,35-,36+/m1/s1. The van der Waals surface area contributed by atoms with Gasteiger partial charge in [-0.25, -0.2) is 4.79 Å². The molecule has 3 aliphatic heterocycles. The number of aliphatic hydroxyl groups is 7. The number of rotatable bonds is 7. The molecular formula is C36H56O14. The molecule has 0 spiro atoms. The van der Waals surface area contributed by atoms with Crippen LogP contribution in [0.1, 0.15) is 72.1 Å². The molecule has 2 saturated heterocycles. The van der Waals surface area contributed by atoms with Gasteiger partial charge in [0.1, 0.15) is 49.3 Å². The molecule has 0 aromatic heterocycles. The van der Waals surface area contributed by atoms with Gasteiger partial charge in [-0.2, -0.15) is 0 Å². The van der Waals surface area contributed by atoms with Gasteiger partial charge in [-0.3, -0.25) is 0 Å². The van der Waals surface area contributed by atoms with Crippen LogP contribution in [0.2, 0.25) is 0 Å². The van der Waals surface area contributed by atoms with E-state index in [9.17, 15) is 40.5 Å². The summed E-state index contributed by atoms with van der Waals surface area (Å²) in [5, 5.41) is 75.7. The fraction of sp³-hybridized carbons (Fsp3) is 0.917. The number of cyclic esters (lactones) is 1. The molecule has 3 heterocycles. The third-order valence-corrected chi connectivity index (χ3v) is 14.4. The number of carbonyl (C=O) groups is 1. The van der Waals surface area contributed by atoms with Gasteiger partial charge in [0.05, 0.1) is 30.5 Å². The summed E-state index contributed by atoms with van der Waals surface area (Å²) in [4.78, 5) is 11.9. The Labute approximate surface area is 292 Å². The molecule has 0 bridgehead atoms. The van der Waals surface area contributed by atoms with Crippen molar-refractivity contribution >= 4 is 5.97 Å². The number of esters is 1. The smallest absolute Gasteiger partial charge is 0.331 e. The zero-order valence-corrected chi connectivity index (χ0v) is 29.4. The van der Waals surface area contributed by atoms with Gasteiger partial charge in [-0.1, -0.05) is 13.8 Å². The van der Waals surface area contributed by atoms with Crippen LogP contribution in [0.4, 0.5) is 0 Å². The first-order valence-electron chi connectivity index (χ1n) is 18.4. The van der Waals surface area contributed by atoms with Crippen LogP contribution in [-0.4, -0.2) is 141 Å². The van der Waals surface area contributed by atoms with E-state index in [1.807, 2.05) is 0 Å². The minimum Gasteiger partial charge on any atom is -0.458 e. The average molecular weight is 713 g/mol. The second-order valence-corrected chi connectivity index (χ2v) is 16.7. The van der Waals surface area contributed by atoms with Gasteiger partial charge in [0.15, 0.2) is 12.6 Å². The second-order valence-electron chi connectivity index (χ2n) is 16.7. The lowest BCUT2D eigenvalue weighted by Crippen LogP contribution is -2.64. The molecule has 14 heteroatoms. The number of fused-ring (bicyclic) bond motifs is 5. The number of ether oxygens (including phenoxy) is 6. The lowest BCUT2D eigenvalue weighted by Gasteiger charge is -2.63. The van der Waals surface area contributed by atoms with Gasteiger partial charge in [0.25, 0.3) is 0 Å². The highest BCUT2D eigenvalue weighted by Crippen LogP contribution is 2.70. The highest BCUT2D eigenvalue weighted by Gasteiger charge is 2.70. The Balaban J connectivity index is 1.000. The van der Waals surface area contributed by atoms with E-state index in [1.54, 1.807) is 6.92 Å². The van der Waals surface area contributed by atoms with Crippen molar-refractivity contribution in [1.82, 2.24) is 0 Å². The fourth-order valence-electron chi connectivity index (χ4n) is 11.7. The monoisotopic (exact) mass is 712 g/mol. The molecule has 4 saturated carbocycles. The minimum atomic E-state index is -1.61. The van der Waals surface area contributed by atoms with E-state index in [-0.39, 0.29) is 41.8 Å². The summed E-state index contributed by atoms with van der Waals surface area (Å²) in [5.41, 5.74) is -0.841. The summed E-state index contributed by atoms with van der Waals surface area (Å²) in [6.45, 7) is 5.74. The van der Waals surface area contributed by atoms with Crippen LogP contribution in [0.25, 0.3) is 0 Å². The van der Waals surface area contributed by atoms with Crippen molar-refractivity contribution in [1.29, 1.82) is 0 Å². The molecule has 2 unspecified atom stereocenters. The zero-order valence-electron chi connectivity index (χ0n) is 29.4. The molecule has 7 N–H and O–H groups in total. The van der Waals surface area contributed by atoms with E-state index in [1.165, 1.54) is 13.2 Å². The lowest BCUT2D eigenvalue weighted by molar-refractivity contribution is -0.362. The maximum Gasteiger partial charge on any atom is 0.331 e. The Morgan fingerprint density at radius 3 is 2.30 bits per heavy atom. The maximum absolute atomic E-state index is 12.5. The Kier molecular flexibility index (Phi) is 10.0. The highest BCUT2D eigenvalue weighted by atomic mass is 16.7. The Bertz CT molecular complexity index is 1300. The van der Waals surface area contributed by atoms with Gasteiger partial charge in [0, 0.05) is 30.9 Å². The molecule has 284 valence electrons. The van der Waals surface area contributed by atoms with E-state index in [0.717, 1.165) is 50.5 Å². The van der Waals surface area contributed by atoms with E-state index in [2.05, 4.69) is 13.8 Å². The molecule has 0 aromatic carbocycles. The van der Waals surface area contributed by atoms with E-state index in [0.29, 0.717) is 12.3 Å². The van der Waals surface area contributed by atoms with E-state index >= 15 is 0 Å². The summed E-state index contributed by atoms with van der Waals surface area (Å²) in [6.07, 6.45) is -5.43.